The molecule has 0 aliphatic heterocycles. The van der Waals surface area contributed by atoms with Crippen LogP contribution in [0.15, 0.2) is 48.5 Å². The van der Waals surface area contributed by atoms with E-state index in [1.165, 1.54) is 10.9 Å². The Balaban J connectivity index is 1.94. The van der Waals surface area contributed by atoms with E-state index in [1.54, 1.807) is 0 Å². The third-order valence-electron chi connectivity index (χ3n) is 3.78. The monoisotopic (exact) mass is 313 g/mol. The molecule has 3 rings (SSSR count). The highest BCUT2D eigenvalue weighted by Gasteiger charge is 2.12. The van der Waals surface area contributed by atoms with Crippen molar-refractivity contribution in [2.75, 3.05) is 0 Å². The average Bonchev–Trinajstić information content (AvgIpc) is 2.83. The van der Waals surface area contributed by atoms with Crippen molar-refractivity contribution < 1.29 is 4.74 Å². The summed E-state index contributed by atoms with van der Waals surface area (Å²) < 4.78 is 8.26. The maximum absolute atomic E-state index is 6.15. The standard InChI is InChI=1S/C19H20ClNO/c1-13(2)21-17(10-15-7-8-16(20)11-19(15)21)12-22-18-6-4-5-14(3)9-18/h4-11,13H,12H2,1-3H3. The molecule has 0 spiro atoms. The summed E-state index contributed by atoms with van der Waals surface area (Å²) in [6.07, 6.45) is 0. The topological polar surface area (TPSA) is 14.2 Å². The van der Waals surface area contributed by atoms with E-state index in [2.05, 4.69) is 49.6 Å². The van der Waals surface area contributed by atoms with Crippen LogP contribution in [0.25, 0.3) is 10.9 Å². The Hall–Kier alpha value is -1.93. The molecule has 2 aromatic carbocycles. The van der Waals surface area contributed by atoms with Gasteiger partial charge in [-0.2, -0.15) is 0 Å². The van der Waals surface area contributed by atoms with E-state index in [0.717, 1.165) is 22.0 Å². The van der Waals surface area contributed by atoms with E-state index in [4.69, 9.17) is 16.3 Å². The predicted molar refractivity (Wildman–Crippen MR) is 92.8 cm³/mol. The molecule has 0 atom stereocenters. The molecule has 0 unspecified atom stereocenters. The van der Waals surface area contributed by atoms with Crippen molar-refractivity contribution in [1.29, 1.82) is 0 Å². The summed E-state index contributed by atoms with van der Waals surface area (Å²) in [5.41, 5.74) is 3.52. The second-order valence-corrected chi connectivity index (χ2v) is 6.34. The Kier molecular flexibility index (Phi) is 4.12. The van der Waals surface area contributed by atoms with Gasteiger partial charge in [0.2, 0.25) is 0 Å². The molecular formula is C19H20ClNO. The molecule has 114 valence electrons. The van der Waals surface area contributed by atoms with Crippen molar-refractivity contribution in [3.05, 3.63) is 64.8 Å². The van der Waals surface area contributed by atoms with Gasteiger partial charge in [-0.15, -0.1) is 0 Å². The maximum atomic E-state index is 6.15. The molecule has 0 radical (unpaired) electrons. The van der Waals surface area contributed by atoms with Gasteiger partial charge < -0.3 is 9.30 Å². The fourth-order valence-electron chi connectivity index (χ4n) is 2.83. The van der Waals surface area contributed by atoms with Gasteiger partial charge in [-0.05, 0) is 56.7 Å². The molecular weight excluding hydrogens is 294 g/mol. The van der Waals surface area contributed by atoms with Crippen LogP contribution in [0.3, 0.4) is 0 Å². The molecule has 1 aromatic heterocycles. The van der Waals surface area contributed by atoms with Crippen molar-refractivity contribution >= 4 is 22.5 Å². The van der Waals surface area contributed by atoms with Crippen molar-refractivity contribution in [2.24, 2.45) is 0 Å². The molecule has 0 amide bonds. The number of ether oxygens (including phenoxy) is 1. The molecule has 0 saturated carbocycles. The van der Waals surface area contributed by atoms with E-state index < -0.39 is 0 Å². The van der Waals surface area contributed by atoms with Crippen LogP contribution in [0.1, 0.15) is 31.1 Å². The number of nitrogens with zero attached hydrogens (tertiary/aromatic N) is 1. The summed E-state index contributed by atoms with van der Waals surface area (Å²) in [4.78, 5) is 0. The quantitative estimate of drug-likeness (QED) is 0.597. The SMILES string of the molecule is Cc1cccc(OCc2cc3ccc(Cl)cc3n2C(C)C)c1. The Morgan fingerprint density at radius 2 is 1.91 bits per heavy atom. The van der Waals surface area contributed by atoms with Crippen LogP contribution in [0.4, 0.5) is 0 Å². The van der Waals surface area contributed by atoms with Crippen LogP contribution in [0.5, 0.6) is 5.75 Å². The van der Waals surface area contributed by atoms with Gasteiger partial charge in [-0.1, -0.05) is 29.8 Å². The smallest absolute Gasteiger partial charge is 0.128 e. The second kappa shape index (κ2) is 6.05. The van der Waals surface area contributed by atoms with Gasteiger partial charge in [-0.25, -0.2) is 0 Å². The fourth-order valence-corrected chi connectivity index (χ4v) is 3.00. The fraction of sp³-hybridized carbons (Fsp3) is 0.263. The van der Waals surface area contributed by atoms with Crippen LogP contribution in [-0.2, 0) is 6.61 Å². The van der Waals surface area contributed by atoms with Crippen LogP contribution < -0.4 is 4.74 Å². The average molecular weight is 314 g/mol. The first-order valence-electron chi connectivity index (χ1n) is 7.53. The molecule has 0 bridgehead atoms. The van der Waals surface area contributed by atoms with Crippen LogP contribution in [0.2, 0.25) is 5.02 Å². The first-order valence-corrected chi connectivity index (χ1v) is 7.91. The summed E-state index contributed by atoms with van der Waals surface area (Å²) in [5.74, 6) is 0.901. The second-order valence-electron chi connectivity index (χ2n) is 5.91. The number of hydrogen-bond donors (Lipinski definition) is 0. The number of fused-ring (bicyclic) bond motifs is 1. The molecule has 0 fully saturated rings. The highest BCUT2D eigenvalue weighted by molar-refractivity contribution is 6.31. The molecule has 1 heterocycles. The molecule has 0 N–H and O–H groups in total. The van der Waals surface area contributed by atoms with E-state index in [-0.39, 0.29) is 0 Å². The van der Waals surface area contributed by atoms with Gasteiger partial charge in [0.05, 0.1) is 11.2 Å². The molecule has 2 nitrogen and oxygen atoms in total. The van der Waals surface area contributed by atoms with Crippen molar-refractivity contribution in [1.82, 2.24) is 4.57 Å². The number of rotatable bonds is 4. The van der Waals surface area contributed by atoms with Gasteiger partial charge in [0.1, 0.15) is 12.4 Å². The highest BCUT2D eigenvalue weighted by atomic mass is 35.5. The van der Waals surface area contributed by atoms with Gasteiger partial charge in [-0.3, -0.25) is 0 Å². The minimum Gasteiger partial charge on any atom is -0.487 e. The number of aryl methyl sites for hydroxylation is 1. The zero-order valence-electron chi connectivity index (χ0n) is 13.1. The van der Waals surface area contributed by atoms with Gasteiger partial charge >= 0.3 is 0 Å². The predicted octanol–water partition coefficient (Wildman–Crippen LogP) is 5.76. The van der Waals surface area contributed by atoms with Crippen molar-refractivity contribution in [3.8, 4) is 5.75 Å². The Labute approximate surface area is 136 Å². The Morgan fingerprint density at radius 1 is 1.09 bits per heavy atom. The van der Waals surface area contributed by atoms with Crippen LogP contribution in [-0.4, -0.2) is 4.57 Å². The molecule has 0 aliphatic rings. The summed E-state index contributed by atoms with van der Waals surface area (Å²) in [6, 6.07) is 16.7. The Morgan fingerprint density at radius 3 is 2.64 bits per heavy atom. The van der Waals surface area contributed by atoms with Gasteiger partial charge in [0.25, 0.3) is 0 Å². The Bertz CT molecular complexity index is 804. The number of halogens is 1. The highest BCUT2D eigenvalue weighted by Crippen LogP contribution is 2.27. The van der Waals surface area contributed by atoms with Crippen molar-refractivity contribution in [3.63, 3.8) is 0 Å². The van der Waals surface area contributed by atoms with Gasteiger partial charge in [0, 0.05) is 16.5 Å². The largest absolute Gasteiger partial charge is 0.487 e. The molecule has 0 aliphatic carbocycles. The lowest BCUT2D eigenvalue weighted by molar-refractivity contribution is 0.293. The minimum atomic E-state index is 0.354. The summed E-state index contributed by atoms with van der Waals surface area (Å²) in [5, 5.41) is 1.96. The van der Waals surface area contributed by atoms with E-state index in [9.17, 15) is 0 Å². The normalized spacial score (nSPS) is 11.3. The lowest BCUT2D eigenvalue weighted by Crippen LogP contribution is -2.08. The number of hydrogen-bond acceptors (Lipinski definition) is 1. The molecule has 3 heteroatoms. The maximum Gasteiger partial charge on any atom is 0.128 e. The van der Waals surface area contributed by atoms with E-state index >= 15 is 0 Å². The third kappa shape index (κ3) is 2.97. The summed E-state index contributed by atoms with van der Waals surface area (Å²) in [6.45, 7) is 6.97. The van der Waals surface area contributed by atoms with E-state index in [0.29, 0.717) is 12.6 Å². The first-order chi connectivity index (χ1) is 10.5. The minimum absolute atomic E-state index is 0.354. The van der Waals surface area contributed by atoms with E-state index in [1.807, 2.05) is 24.3 Å². The third-order valence-corrected chi connectivity index (χ3v) is 4.01. The number of benzene rings is 2. The zero-order chi connectivity index (χ0) is 15.7. The first kappa shape index (κ1) is 15.0. The van der Waals surface area contributed by atoms with Crippen LogP contribution in [0, 0.1) is 6.92 Å². The summed E-state index contributed by atoms with van der Waals surface area (Å²) in [7, 11) is 0. The summed E-state index contributed by atoms with van der Waals surface area (Å²) >= 11 is 6.15. The molecule has 3 aromatic rings. The molecule has 22 heavy (non-hydrogen) atoms. The number of aromatic nitrogens is 1. The van der Waals surface area contributed by atoms with Gasteiger partial charge in [0.15, 0.2) is 0 Å². The van der Waals surface area contributed by atoms with Crippen LogP contribution >= 0.6 is 11.6 Å². The lowest BCUT2D eigenvalue weighted by atomic mass is 10.2. The lowest BCUT2D eigenvalue weighted by Gasteiger charge is -2.15. The zero-order valence-corrected chi connectivity index (χ0v) is 13.9. The van der Waals surface area contributed by atoms with Crippen molar-refractivity contribution in [2.45, 2.75) is 33.4 Å². The molecule has 0 saturated heterocycles.